The van der Waals surface area contributed by atoms with Crippen LogP contribution in [0, 0.1) is 0 Å². The summed E-state index contributed by atoms with van der Waals surface area (Å²) in [5, 5.41) is 3.05. The molecule has 0 aliphatic rings. The van der Waals surface area contributed by atoms with Crippen LogP contribution in [0.3, 0.4) is 0 Å². The van der Waals surface area contributed by atoms with Crippen molar-refractivity contribution < 1.29 is 19.0 Å². The lowest BCUT2D eigenvalue weighted by molar-refractivity contribution is 0.0934. The number of ether oxygens (including phenoxy) is 3. The van der Waals surface area contributed by atoms with Crippen molar-refractivity contribution in [3.8, 4) is 17.2 Å². The van der Waals surface area contributed by atoms with E-state index < -0.39 is 0 Å². The van der Waals surface area contributed by atoms with E-state index in [0.29, 0.717) is 29.4 Å². The second-order valence-electron chi connectivity index (χ2n) is 6.27. The van der Waals surface area contributed by atoms with E-state index in [2.05, 4.69) is 36.2 Å². The summed E-state index contributed by atoms with van der Waals surface area (Å²) in [5.41, 5.74) is 1.64. The first-order chi connectivity index (χ1) is 13.6. The molecule has 2 aromatic carbocycles. The average molecular weight is 386 g/mol. The molecule has 0 spiro atoms. The third kappa shape index (κ3) is 4.95. The molecule has 0 heterocycles. The van der Waals surface area contributed by atoms with Crippen LogP contribution in [0.2, 0.25) is 0 Å². The minimum absolute atomic E-state index is 0.0992. The summed E-state index contributed by atoms with van der Waals surface area (Å²) in [4.78, 5) is 15.2. The highest BCUT2D eigenvalue weighted by Crippen LogP contribution is 2.38. The summed E-state index contributed by atoms with van der Waals surface area (Å²) < 4.78 is 16.0. The van der Waals surface area contributed by atoms with Crippen LogP contribution >= 0.6 is 0 Å². The first-order valence-corrected chi connectivity index (χ1v) is 9.46. The summed E-state index contributed by atoms with van der Waals surface area (Å²) >= 11 is 0. The van der Waals surface area contributed by atoms with Crippen molar-refractivity contribution in [3.63, 3.8) is 0 Å². The Labute approximate surface area is 167 Å². The normalized spacial score (nSPS) is 11.8. The van der Waals surface area contributed by atoms with E-state index in [1.807, 2.05) is 18.2 Å². The van der Waals surface area contributed by atoms with Crippen molar-refractivity contribution >= 4 is 5.91 Å². The molecule has 0 radical (unpaired) electrons. The summed E-state index contributed by atoms with van der Waals surface area (Å²) in [5.74, 6) is 1.19. The Hall–Kier alpha value is -2.73. The van der Waals surface area contributed by atoms with E-state index in [1.165, 1.54) is 26.9 Å². The molecule has 0 aromatic heterocycles. The Morgan fingerprint density at radius 1 is 0.964 bits per heavy atom. The van der Waals surface area contributed by atoms with Gasteiger partial charge in [-0.05, 0) is 30.8 Å². The molecule has 1 N–H and O–H groups in total. The standard InChI is InChI=1S/C22H30N2O4/c1-6-24(7-2)18(16-11-9-8-10-12-16)15-23-22(25)17-13-19(26-3)21(28-5)20(14-17)27-4/h8-14,18H,6-7,15H2,1-5H3,(H,23,25). The van der Waals surface area contributed by atoms with Crippen LogP contribution < -0.4 is 19.5 Å². The molecule has 152 valence electrons. The van der Waals surface area contributed by atoms with Gasteiger partial charge in [0.2, 0.25) is 5.75 Å². The predicted octanol–water partition coefficient (Wildman–Crippen LogP) is 3.53. The van der Waals surface area contributed by atoms with E-state index in [0.717, 1.165) is 13.1 Å². The molecule has 6 heteroatoms. The largest absolute Gasteiger partial charge is 0.493 e. The van der Waals surface area contributed by atoms with Gasteiger partial charge in [-0.3, -0.25) is 9.69 Å². The summed E-state index contributed by atoms with van der Waals surface area (Å²) in [7, 11) is 4.60. The van der Waals surface area contributed by atoms with Crippen molar-refractivity contribution in [2.75, 3.05) is 41.0 Å². The maximum Gasteiger partial charge on any atom is 0.251 e. The number of methoxy groups -OCH3 is 3. The number of carbonyl (C=O) groups excluding carboxylic acids is 1. The molecule has 0 saturated heterocycles. The monoisotopic (exact) mass is 386 g/mol. The lowest BCUT2D eigenvalue weighted by atomic mass is 10.0. The first-order valence-electron chi connectivity index (χ1n) is 9.46. The fourth-order valence-corrected chi connectivity index (χ4v) is 3.30. The average Bonchev–Trinajstić information content (AvgIpc) is 2.75. The fraction of sp³-hybridized carbons (Fsp3) is 0.409. The second kappa shape index (κ2) is 10.6. The number of benzene rings is 2. The van der Waals surface area contributed by atoms with Crippen LogP contribution in [0.15, 0.2) is 42.5 Å². The SMILES string of the molecule is CCN(CC)C(CNC(=O)c1cc(OC)c(OC)c(OC)c1)c1ccccc1. The van der Waals surface area contributed by atoms with Gasteiger partial charge in [0.15, 0.2) is 11.5 Å². The van der Waals surface area contributed by atoms with Gasteiger partial charge in [0, 0.05) is 12.1 Å². The minimum Gasteiger partial charge on any atom is -0.493 e. The van der Waals surface area contributed by atoms with E-state index in [9.17, 15) is 4.79 Å². The number of carbonyl (C=O) groups is 1. The van der Waals surface area contributed by atoms with E-state index in [4.69, 9.17) is 14.2 Å². The number of amides is 1. The quantitative estimate of drug-likeness (QED) is 0.677. The highest BCUT2D eigenvalue weighted by Gasteiger charge is 2.21. The summed E-state index contributed by atoms with van der Waals surface area (Å²) in [6.45, 7) is 6.55. The third-order valence-corrected chi connectivity index (χ3v) is 4.82. The lowest BCUT2D eigenvalue weighted by Gasteiger charge is -2.30. The Morgan fingerprint density at radius 3 is 2.00 bits per heavy atom. The van der Waals surface area contributed by atoms with Crippen molar-refractivity contribution in [1.29, 1.82) is 0 Å². The van der Waals surface area contributed by atoms with Gasteiger partial charge in [-0.2, -0.15) is 0 Å². The van der Waals surface area contributed by atoms with Gasteiger partial charge in [-0.1, -0.05) is 44.2 Å². The Balaban J connectivity index is 2.23. The van der Waals surface area contributed by atoms with Crippen molar-refractivity contribution in [2.45, 2.75) is 19.9 Å². The molecule has 0 aliphatic carbocycles. The molecule has 1 unspecified atom stereocenters. The van der Waals surface area contributed by atoms with Crippen LogP contribution in [0.1, 0.15) is 35.8 Å². The molecular formula is C22H30N2O4. The topological polar surface area (TPSA) is 60.0 Å². The molecule has 1 amide bonds. The van der Waals surface area contributed by atoms with Crippen molar-refractivity contribution in [2.24, 2.45) is 0 Å². The third-order valence-electron chi connectivity index (χ3n) is 4.82. The molecule has 0 fully saturated rings. The Bertz CT molecular complexity index is 735. The molecule has 28 heavy (non-hydrogen) atoms. The van der Waals surface area contributed by atoms with E-state index >= 15 is 0 Å². The highest BCUT2D eigenvalue weighted by molar-refractivity contribution is 5.95. The van der Waals surface area contributed by atoms with Gasteiger partial charge >= 0.3 is 0 Å². The van der Waals surface area contributed by atoms with Gasteiger partial charge in [-0.15, -0.1) is 0 Å². The second-order valence-corrected chi connectivity index (χ2v) is 6.27. The predicted molar refractivity (Wildman–Crippen MR) is 111 cm³/mol. The molecule has 0 bridgehead atoms. The minimum atomic E-state index is -0.188. The summed E-state index contributed by atoms with van der Waals surface area (Å²) in [6.07, 6.45) is 0. The zero-order valence-electron chi connectivity index (χ0n) is 17.3. The van der Waals surface area contributed by atoms with Crippen LogP contribution in [0.25, 0.3) is 0 Å². The van der Waals surface area contributed by atoms with Crippen molar-refractivity contribution in [1.82, 2.24) is 10.2 Å². The zero-order chi connectivity index (χ0) is 20.5. The number of hydrogen-bond donors (Lipinski definition) is 1. The first kappa shape index (κ1) is 21.6. The van der Waals surface area contributed by atoms with Crippen LogP contribution in [0.4, 0.5) is 0 Å². The number of nitrogens with one attached hydrogen (secondary N) is 1. The molecule has 2 rings (SSSR count). The fourth-order valence-electron chi connectivity index (χ4n) is 3.30. The van der Waals surface area contributed by atoms with Gasteiger partial charge in [0.25, 0.3) is 5.91 Å². The van der Waals surface area contributed by atoms with Crippen molar-refractivity contribution in [3.05, 3.63) is 53.6 Å². The smallest absolute Gasteiger partial charge is 0.251 e. The van der Waals surface area contributed by atoms with Crippen LogP contribution in [-0.4, -0.2) is 51.8 Å². The van der Waals surface area contributed by atoms with Gasteiger partial charge in [0.1, 0.15) is 0 Å². The Morgan fingerprint density at radius 2 is 1.54 bits per heavy atom. The van der Waals surface area contributed by atoms with Gasteiger partial charge in [-0.25, -0.2) is 0 Å². The van der Waals surface area contributed by atoms with Gasteiger partial charge < -0.3 is 19.5 Å². The van der Waals surface area contributed by atoms with E-state index in [1.54, 1.807) is 12.1 Å². The van der Waals surface area contributed by atoms with Crippen LogP contribution in [-0.2, 0) is 0 Å². The maximum absolute atomic E-state index is 12.8. The molecule has 0 aliphatic heterocycles. The molecule has 6 nitrogen and oxygen atoms in total. The maximum atomic E-state index is 12.8. The number of likely N-dealkylation sites (N-methyl/N-ethyl adjacent to an activating group) is 1. The number of rotatable bonds is 10. The van der Waals surface area contributed by atoms with E-state index in [-0.39, 0.29) is 11.9 Å². The zero-order valence-corrected chi connectivity index (χ0v) is 17.3. The molecule has 0 saturated carbocycles. The molecule has 1 atom stereocenters. The van der Waals surface area contributed by atoms with Crippen LogP contribution in [0.5, 0.6) is 17.2 Å². The Kier molecular flexibility index (Phi) is 8.14. The number of hydrogen-bond acceptors (Lipinski definition) is 5. The lowest BCUT2D eigenvalue weighted by Crippen LogP contribution is -2.38. The molecule has 2 aromatic rings. The highest BCUT2D eigenvalue weighted by atomic mass is 16.5. The summed E-state index contributed by atoms with van der Waals surface area (Å²) in [6, 6.07) is 13.6. The molecular weight excluding hydrogens is 356 g/mol. The number of nitrogens with zero attached hydrogens (tertiary/aromatic N) is 1. The van der Waals surface area contributed by atoms with Gasteiger partial charge in [0.05, 0.1) is 27.4 Å².